The Kier molecular flexibility index (Phi) is 3.77. The van der Waals surface area contributed by atoms with Gasteiger partial charge in [-0.3, -0.25) is 9.89 Å². The Labute approximate surface area is 146 Å². The summed E-state index contributed by atoms with van der Waals surface area (Å²) < 4.78 is 27.6. The topological polar surface area (TPSA) is 57.8 Å². The van der Waals surface area contributed by atoms with Crippen molar-refractivity contribution < 1.29 is 13.6 Å². The van der Waals surface area contributed by atoms with Crippen LogP contribution in [0.1, 0.15) is 23.5 Å². The lowest BCUT2D eigenvalue weighted by atomic mass is 9.84. The summed E-state index contributed by atoms with van der Waals surface area (Å²) in [5.41, 5.74) is 2.41. The van der Waals surface area contributed by atoms with E-state index in [0.29, 0.717) is 22.1 Å². The van der Waals surface area contributed by atoms with Crippen LogP contribution in [0.25, 0.3) is 11.3 Å². The molecule has 0 spiro atoms. The molecule has 3 aromatic rings. The van der Waals surface area contributed by atoms with Crippen LogP contribution in [-0.2, 0) is 4.79 Å². The van der Waals surface area contributed by atoms with Crippen molar-refractivity contribution in [1.29, 1.82) is 0 Å². The van der Waals surface area contributed by atoms with E-state index in [1.54, 1.807) is 12.1 Å². The summed E-state index contributed by atoms with van der Waals surface area (Å²) in [6, 6.07) is 10.5. The van der Waals surface area contributed by atoms with Gasteiger partial charge >= 0.3 is 0 Å². The number of fused-ring (bicyclic) bond motifs is 1. The molecule has 7 heteroatoms. The van der Waals surface area contributed by atoms with Gasteiger partial charge in [-0.1, -0.05) is 29.8 Å². The maximum Gasteiger partial charge on any atom is 0.226 e. The number of halogens is 3. The van der Waals surface area contributed by atoms with Gasteiger partial charge in [0.2, 0.25) is 5.91 Å². The number of hydrogen-bond acceptors (Lipinski definition) is 2. The van der Waals surface area contributed by atoms with E-state index in [1.165, 1.54) is 12.1 Å². The first kappa shape index (κ1) is 15.8. The molecule has 4 rings (SSSR count). The summed E-state index contributed by atoms with van der Waals surface area (Å²) in [6.45, 7) is 0. The molecule has 0 fully saturated rings. The molecule has 0 saturated carbocycles. The highest BCUT2D eigenvalue weighted by Gasteiger charge is 2.33. The Morgan fingerprint density at radius 3 is 2.60 bits per heavy atom. The zero-order valence-electron chi connectivity index (χ0n) is 12.8. The van der Waals surface area contributed by atoms with E-state index in [2.05, 4.69) is 15.5 Å². The van der Waals surface area contributed by atoms with Crippen LogP contribution in [0.4, 0.5) is 14.6 Å². The van der Waals surface area contributed by atoms with Crippen LogP contribution in [0.2, 0.25) is 5.02 Å². The number of carbonyl (C=O) groups excluding carboxylic acids is 1. The highest BCUT2D eigenvalue weighted by molar-refractivity contribution is 6.30. The van der Waals surface area contributed by atoms with Crippen LogP contribution in [-0.4, -0.2) is 16.1 Å². The predicted octanol–water partition coefficient (Wildman–Crippen LogP) is 4.48. The lowest BCUT2D eigenvalue weighted by molar-refractivity contribution is -0.116. The number of aromatic nitrogens is 2. The summed E-state index contributed by atoms with van der Waals surface area (Å²) in [5.74, 6) is -1.82. The number of amides is 1. The van der Waals surface area contributed by atoms with Crippen molar-refractivity contribution in [3.05, 3.63) is 70.2 Å². The van der Waals surface area contributed by atoms with Gasteiger partial charge in [-0.15, -0.1) is 0 Å². The fourth-order valence-electron chi connectivity index (χ4n) is 3.14. The molecule has 0 bridgehead atoms. The SMILES string of the molecule is O=C1C[C@@H](c2ccc(F)cc2F)c2c(n[nH]c2-c2ccc(Cl)cc2)N1. The first-order valence-corrected chi connectivity index (χ1v) is 7.99. The lowest BCUT2D eigenvalue weighted by Crippen LogP contribution is -2.24. The number of nitrogens with one attached hydrogen (secondary N) is 2. The van der Waals surface area contributed by atoms with Gasteiger partial charge in [0.1, 0.15) is 11.6 Å². The third-order valence-electron chi connectivity index (χ3n) is 4.27. The van der Waals surface area contributed by atoms with Gasteiger partial charge in [-0.2, -0.15) is 5.10 Å². The minimum Gasteiger partial charge on any atom is -0.309 e. The van der Waals surface area contributed by atoms with Crippen LogP contribution in [0.3, 0.4) is 0 Å². The molecule has 0 aliphatic carbocycles. The minimum absolute atomic E-state index is 0.0513. The Hall–Kier alpha value is -2.73. The average molecular weight is 360 g/mol. The zero-order valence-corrected chi connectivity index (χ0v) is 13.6. The van der Waals surface area contributed by atoms with Crippen molar-refractivity contribution in [2.24, 2.45) is 0 Å². The number of anilines is 1. The predicted molar refractivity (Wildman–Crippen MR) is 90.5 cm³/mol. The van der Waals surface area contributed by atoms with Crippen molar-refractivity contribution in [3.8, 4) is 11.3 Å². The Balaban J connectivity index is 1.88. The summed E-state index contributed by atoms with van der Waals surface area (Å²) >= 11 is 5.93. The molecule has 2 N–H and O–H groups in total. The van der Waals surface area contributed by atoms with Crippen LogP contribution in [0.15, 0.2) is 42.5 Å². The van der Waals surface area contributed by atoms with Crippen molar-refractivity contribution in [2.75, 3.05) is 5.32 Å². The molecular weight excluding hydrogens is 348 g/mol. The third kappa shape index (κ3) is 2.78. The molecule has 2 aromatic carbocycles. The molecule has 2 heterocycles. The number of benzene rings is 2. The molecule has 1 aliphatic rings. The molecule has 4 nitrogen and oxygen atoms in total. The van der Waals surface area contributed by atoms with Crippen LogP contribution in [0, 0.1) is 11.6 Å². The third-order valence-corrected chi connectivity index (χ3v) is 4.52. The molecular formula is C18H12ClF2N3O. The van der Waals surface area contributed by atoms with Gasteiger partial charge in [0.15, 0.2) is 5.82 Å². The van der Waals surface area contributed by atoms with E-state index in [-0.39, 0.29) is 17.9 Å². The second-order valence-corrected chi connectivity index (χ2v) is 6.27. The van der Waals surface area contributed by atoms with E-state index < -0.39 is 17.6 Å². The number of aromatic amines is 1. The summed E-state index contributed by atoms with van der Waals surface area (Å²) in [4.78, 5) is 12.0. The summed E-state index contributed by atoms with van der Waals surface area (Å²) in [6.07, 6.45) is 0.0513. The number of rotatable bonds is 2. The monoisotopic (exact) mass is 359 g/mol. The number of H-pyrrole nitrogens is 1. The Morgan fingerprint density at radius 2 is 1.88 bits per heavy atom. The van der Waals surface area contributed by atoms with E-state index in [4.69, 9.17) is 11.6 Å². The fraction of sp³-hybridized carbons (Fsp3) is 0.111. The summed E-state index contributed by atoms with van der Waals surface area (Å²) in [7, 11) is 0. The molecule has 0 radical (unpaired) electrons. The van der Waals surface area contributed by atoms with Crippen molar-refractivity contribution in [1.82, 2.24) is 10.2 Å². The minimum atomic E-state index is -0.686. The normalized spacial score (nSPS) is 16.4. The number of hydrogen-bond donors (Lipinski definition) is 2. The quantitative estimate of drug-likeness (QED) is 0.708. The van der Waals surface area contributed by atoms with Crippen LogP contribution < -0.4 is 5.32 Å². The second kappa shape index (κ2) is 5.97. The Morgan fingerprint density at radius 1 is 1.12 bits per heavy atom. The lowest BCUT2D eigenvalue weighted by Gasteiger charge is -2.24. The summed E-state index contributed by atoms with van der Waals surface area (Å²) in [5, 5.41) is 10.3. The maximum atomic E-state index is 14.3. The van der Waals surface area contributed by atoms with Gasteiger partial charge in [-0.05, 0) is 23.8 Å². The average Bonchev–Trinajstić information content (AvgIpc) is 2.99. The van der Waals surface area contributed by atoms with Crippen molar-refractivity contribution in [3.63, 3.8) is 0 Å². The first-order valence-electron chi connectivity index (χ1n) is 7.62. The van der Waals surface area contributed by atoms with Gasteiger partial charge < -0.3 is 5.32 Å². The van der Waals surface area contributed by atoms with E-state index >= 15 is 0 Å². The highest BCUT2D eigenvalue weighted by atomic mass is 35.5. The molecule has 25 heavy (non-hydrogen) atoms. The molecule has 0 saturated heterocycles. The standard InChI is InChI=1S/C18H12ClF2N3O/c19-10-3-1-9(2-4-10)17-16-13(8-15(25)22-18(16)24-23-17)12-6-5-11(20)7-14(12)21/h1-7,13H,8H2,(H2,22,23,24,25)/t13-/m0/s1. The fourth-order valence-corrected chi connectivity index (χ4v) is 3.27. The molecule has 1 atom stereocenters. The second-order valence-electron chi connectivity index (χ2n) is 5.84. The van der Waals surface area contributed by atoms with Crippen molar-refractivity contribution in [2.45, 2.75) is 12.3 Å². The molecule has 126 valence electrons. The smallest absolute Gasteiger partial charge is 0.226 e. The highest BCUT2D eigenvalue weighted by Crippen LogP contribution is 2.42. The van der Waals surface area contributed by atoms with Crippen LogP contribution in [0.5, 0.6) is 0 Å². The molecule has 0 unspecified atom stereocenters. The van der Waals surface area contributed by atoms with Gasteiger partial charge in [0.25, 0.3) is 0 Å². The maximum absolute atomic E-state index is 14.3. The Bertz CT molecular complexity index is 969. The molecule has 1 aliphatic heterocycles. The van der Waals surface area contributed by atoms with Gasteiger partial charge in [0, 0.05) is 34.6 Å². The van der Waals surface area contributed by atoms with Crippen LogP contribution >= 0.6 is 11.6 Å². The van der Waals surface area contributed by atoms with E-state index in [0.717, 1.165) is 11.6 Å². The van der Waals surface area contributed by atoms with E-state index in [9.17, 15) is 13.6 Å². The molecule has 1 amide bonds. The van der Waals surface area contributed by atoms with Crippen molar-refractivity contribution >= 4 is 23.3 Å². The largest absolute Gasteiger partial charge is 0.309 e. The van der Waals surface area contributed by atoms with Gasteiger partial charge in [-0.25, -0.2) is 8.78 Å². The van der Waals surface area contributed by atoms with E-state index in [1.807, 2.05) is 12.1 Å². The number of nitrogens with zero attached hydrogens (tertiary/aromatic N) is 1. The van der Waals surface area contributed by atoms with Gasteiger partial charge in [0.05, 0.1) is 5.69 Å². The molecule has 1 aromatic heterocycles. The zero-order chi connectivity index (χ0) is 17.6. The number of carbonyl (C=O) groups is 1. The first-order chi connectivity index (χ1) is 12.0.